The third kappa shape index (κ3) is 4.92. The summed E-state index contributed by atoms with van der Waals surface area (Å²) in [7, 11) is 1.79. The lowest BCUT2D eigenvalue weighted by molar-refractivity contribution is -0.113. The quantitative estimate of drug-likeness (QED) is 0.582. The molecule has 0 aliphatic heterocycles. The number of carbonyl (C=O) groups is 2. The third-order valence-electron chi connectivity index (χ3n) is 3.87. The second-order valence-electron chi connectivity index (χ2n) is 5.86. The van der Waals surface area contributed by atoms with Crippen LogP contribution in [-0.2, 0) is 18.4 Å². The number of aryl methyl sites for hydroxylation is 1. The zero-order valence-corrected chi connectivity index (χ0v) is 16.2. The van der Waals surface area contributed by atoms with Gasteiger partial charge in [0.05, 0.1) is 12.3 Å². The molecular weight excluding hydrogens is 378 g/mol. The number of benzene rings is 1. The van der Waals surface area contributed by atoms with E-state index in [9.17, 15) is 9.59 Å². The molecule has 3 aromatic rings. The van der Waals surface area contributed by atoms with Gasteiger partial charge in [0.15, 0.2) is 11.0 Å². The van der Waals surface area contributed by atoms with Crippen molar-refractivity contribution >= 4 is 29.5 Å². The second-order valence-corrected chi connectivity index (χ2v) is 6.81. The standard InChI is InChI=1S/C18H19N7O2S/c1-12-6-3-4-7-13(12)16(27)21-10-14-23-24-18(25(14)2)28-11-15(26)22-17-19-8-5-9-20-17/h3-9H,10-11H2,1-2H3,(H,21,27)(H,19,20,22,26). The van der Waals surface area contributed by atoms with Crippen LogP contribution in [0.4, 0.5) is 5.95 Å². The summed E-state index contributed by atoms with van der Waals surface area (Å²) in [4.78, 5) is 32.2. The lowest BCUT2D eigenvalue weighted by Crippen LogP contribution is -2.25. The smallest absolute Gasteiger partial charge is 0.251 e. The highest BCUT2D eigenvalue weighted by molar-refractivity contribution is 7.99. The molecule has 0 atom stereocenters. The van der Waals surface area contributed by atoms with E-state index in [-0.39, 0.29) is 30.1 Å². The predicted molar refractivity (Wildman–Crippen MR) is 105 cm³/mol. The Labute approximate surface area is 166 Å². The fourth-order valence-electron chi connectivity index (χ4n) is 2.36. The van der Waals surface area contributed by atoms with E-state index in [4.69, 9.17) is 0 Å². The van der Waals surface area contributed by atoms with Gasteiger partial charge < -0.3 is 9.88 Å². The van der Waals surface area contributed by atoms with Crippen LogP contribution in [0.3, 0.4) is 0 Å². The molecule has 0 aliphatic carbocycles. The Balaban J connectivity index is 1.53. The van der Waals surface area contributed by atoms with Gasteiger partial charge in [0.25, 0.3) is 5.91 Å². The molecule has 2 N–H and O–H groups in total. The molecule has 9 nitrogen and oxygen atoms in total. The Morgan fingerprint density at radius 3 is 2.61 bits per heavy atom. The molecule has 144 valence electrons. The van der Waals surface area contributed by atoms with Gasteiger partial charge in [-0.3, -0.25) is 14.9 Å². The van der Waals surface area contributed by atoms with Gasteiger partial charge in [-0.25, -0.2) is 9.97 Å². The molecule has 2 amide bonds. The van der Waals surface area contributed by atoms with Crippen LogP contribution in [0, 0.1) is 6.92 Å². The van der Waals surface area contributed by atoms with Crippen molar-refractivity contribution in [2.24, 2.45) is 7.05 Å². The van der Waals surface area contributed by atoms with Crippen molar-refractivity contribution in [1.82, 2.24) is 30.0 Å². The third-order valence-corrected chi connectivity index (χ3v) is 4.89. The largest absolute Gasteiger partial charge is 0.345 e. The zero-order chi connectivity index (χ0) is 19.9. The Hall–Kier alpha value is -3.27. The molecule has 1 aromatic carbocycles. The number of nitrogens with zero attached hydrogens (tertiary/aromatic N) is 5. The molecule has 0 bridgehead atoms. The monoisotopic (exact) mass is 397 g/mol. The molecule has 2 heterocycles. The lowest BCUT2D eigenvalue weighted by Gasteiger charge is -2.08. The molecule has 3 rings (SSSR count). The normalized spacial score (nSPS) is 10.5. The highest BCUT2D eigenvalue weighted by atomic mass is 32.2. The first kappa shape index (κ1) is 19.5. The molecule has 10 heteroatoms. The van der Waals surface area contributed by atoms with Crippen LogP contribution in [0.1, 0.15) is 21.7 Å². The second kappa shape index (κ2) is 9.09. The van der Waals surface area contributed by atoms with Gasteiger partial charge in [0, 0.05) is 25.0 Å². The molecular formula is C18H19N7O2S. The van der Waals surface area contributed by atoms with Gasteiger partial charge in [0.2, 0.25) is 11.9 Å². The Morgan fingerprint density at radius 1 is 1.11 bits per heavy atom. The van der Waals surface area contributed by atoms with Gasteiger partial charge in [-0.15, -0.1) is 10.2 Å². The first-order valence-corrected chi connectivity index (χ1v) is 9.45. The van der Waals surface area contributed by atoms with Gasteiger partial charge in [-0.2, -0.15) is 0 Å². The zero-order valence-electron chi connectivity index (χ0n) is 15.4. The summed E-state index contributed by atoms with van der Waals surface area (Å²) in [6, 6.07) is 9.04. The molecule has 0 saturated heterocycles. The molecule has 2 aromatic heterocycles. The predicted octanol–water partition coefficient (Wildman–Crippen LogP) is 1.57. The first-order valence-electron chi connectivity index (χ1n) is 8.46. The summed E-state index contributed by atoms with van der Waals surface area (Å²) >= 11 is 1.24. The summed E-state index contributed by atoms with van der Waals surface area (Å²) in [5.74, 6) is 0.577. The number of hydrogen-bond donors (Lipinski definition) is 2. The highest BCUT2D eigenvalue weighted by Crippen LogP contribution is 2.16. The minimum Gasteiger partial charge on any atom is -0.345 e. The average molecular weight is 397 g/mol. The summed E-state index contributed by atoms with van der Waals surface area (Å²) in [6.07, 6.45) is 3.10. The van der Waals surface area contributed by atoms with Crippen LogP contribution in [0.15, 0.2) is 47.9 Å². The van der Waals surface area contributed by atoms with Gasteiger partial charge in [-0.1, -0.05) is 30.0 Å². The molecule has 0 saturated carbocycles. The Morgan fingerprint density at radius 2 is 1.86 bits per heavy atom. The molecule has 0 unspecified atom stereocenters. The maximum atomic E-state index is 12.3. The van der Waals surface area contributed by atoms with Gasteiger partial charge in [-0.05, 0) is 24.6 Å². The average Bonchev–Trinajstić information content (AvgIpc) is 3.05. The van der Waals surface area contributed by atoms with Crippen molar-refractivity contribution in [1.29, 1.82) is 0 Å². The van der Waals surface area contributed by atoms with Crippen LogP contribution in [-0.4, -0.2) is 42.3 Å². The van der Waals surface area contributed by atoms with E-state index >= 15 is 0 Å². The Kier molecular flexibility index (Phi) is 6.33. The molecule has 0 spiro atoms. The van der Waals surface area contributed by atoms with Crippen molar-refractivity contribution in [3.63, 3.8) is 0 Å². The number of rotatable bonds is 7. The fraction of sp³-hybridized carbons (Fsp3) is 0.222. The van der Waals surface area contributed by atoms with Gasteiger partial charge >= 0.3 is 0 Å². The van der Waals surface area contributed by atoms with E-state index in [0.717, 1.165) is 5.56 Å². The number of amides is 2. The first-order chi connectivity index (χ1) is 13.5. The highest BCUT2D eigenvalue weighted by Gasteiger charge is 2.14. The number of carbonyl (C=O) groups excluding carboxylic acids is 2. The van der Waals surface area contributed by atoms with Crippen LogP contribution in [0.2, 0.25) is 0 Å². The molecule has 0 fully saturated rings. The number of hydrogen-bond acceptors (Lipinski definition) is 7. The van der Waals surface area contributed by atoms with Crippen LogP contribution in [0.5, 0.6) is 0 Å². The topological polar surface area (TPSA) is 115 Å². The molecule has 28 heavy (non-hydrogen) atoms. The maximum absolute atomic E-state index is 12.3. The van der Waals surface area contributed by atoms with Gasteiger partial charge in [0.1, 0.15) is 0 Å². The molecule has 0 radical (unpaired) electrons. The minimum atomic E-state index is -0.242. The van der Waals surface area contributed by atoms with E-state index in [1.54, 1.807) is 36.1 Å². The summed E-state index contributed by atoms with van der Waals surface area (Å²) < 4.78 is 1.75. The van der Waals surface area contributed by atoms with E-state index in [2.05, 4.69) is 30.8 Å². The lowest BCUT2D eigenvalue weighted by atomic mass is 10.1. The van der Waals surface area contributed by atoms with E-state index in [1.165, 1.54) is 11.8 Å². The molecule has 0 aliphatic rings. The summed E-state index contributed by atoms with van der Waals surface area (Å²) in [5, 5.41) is 14.2. The van der Waals surface area contributed by atoms with Crippen molar-refractivity contribution in [2.75, 3.05) is 11.1 Å². The van der Waals surface area contributed by atoms with Crippen molar-refractivity contribution < 1.29 is 9.59 Å². The van der Waals surface area contributed by atoms with E-state index in [1.807, 2.05) is 25.1 Å². The van der Waals surface area contributed by atoms with Crippen molar-refractivity contribution in [3.05, 3.63) is 59.7 Å². The van der Waals surface area contributed by atoms with E-state index < -0.39 is 0 Å². The Bertz CT molecular complexity index is 975. The van der Waals surface area contributed by atoms with Crippen molar-refractivity contribution in [2.45, 2.75) is 18.6 Å². The number of thioether (sulfide) groups is 1. The van der Waals surface area contributed by atoms with Crippen LogP contribution < -0.4 is 10.6 Å². The minimum absolute atomic E-state index is 0.139. The van der Waals surface area contributed by atoms with E-state index in [0.29, 0.717) is 16.5 Å². The summed E-state index contributed by atoms with van der Waals surface area (Å²) in [5.41, 5.74) is 1.53. The number of anilines is 1. The van der Waals surface area contributed by atoms with Crippen molar-refractivity contribution in [3.8, 4) is 0 Å². The summed E-state index contributed by atoms with van der Waals surface area (Å²) in [6.45, 7) is 2.12. The fourth-order valence-corrected chi connectivity index (χ4v) is 3.09. The SMILES string of the molecule is Cc1ccccc1C(=O)NCc1nnc(SCC(=O)Nc2ncccn2)n1C. The maximum Gasteiger partial charge on any atom is 0.251 e. The number of nitrogens with one attached hydrogen (secondary N) is 2. The number of aromatic nitrogens is 5. The van der Waals surface area contributed by atoms with Crippen LogP contribution in [0.25, 0.3) is 0 Å². The van der Waals surface area contributed by atoms with Crippen LogP contribution >= 0.6 is 11.8 Å².